The van der Waals surface area contributed by atoms with Gasteiger partial charge in [0, 0.05) is 6.54 Å². The molecule has 2 N–H and O–H groups in total. The molecule has 0 aromatic rings. The molecule has 2 fully saturated rings. The number of carbonyl (C=O) groups is 1. The minimum atomic E-state index is -0.429. The van der Waals surface area contributed by atoms with Crippen molar-refractivity contribution in [3.63, 3.8) is 0 Å². The number of aliphatic imine (C=N–C) groups is 1. The Morgan fingerprint density at radius 1 is 1.30 bits per heavy atom. The van der Waals surface area contributed by atoms with E-state index in [1.54, 1.807) is 0 Å². The Balaban J connectivity index is 2.22. The van der Waals surface area contributed by atoms with Gasteiger partial charge in [0.2, 0.25) is 0 Å². The Kier molecular flexibility index (Phi) is 4.40. The van der Waals surface area contributed by atoms with Gasteiger partial charge in [-0.15, -0.1) is 0 Å². The number of hydrogen-bond acceptors (Lipinski definition) is 2. The van der Waals surface area contributed by atoms with E-state index in [2.05, 4.69) is 50.2 Å². The second-order valence-electron chi connectivity index (χ2n) is 7.37. The van der Waals surface area contributed by atoms with Gasteiger partial charge in [-0.3, -0.25) is 15.1 Å². The van der Waals surface area contributed by atoms with E-state index in [0.29, 0.717) is 29.6 Å². The fraction of sp³-hybridized carbons (Fsp3) is 0.875. The maximum Gasteiger partial charge on any atom is 0.252 e. The molecule has 2 rings (SSSR count). The standard InChI is InChI=1S/C16H29N3O/c1-10(2)9-17-15-18-14(20)16(19-15)8-12(5)6-7-13(16)11(3)4/h10-13H,6-9H2,1-5H3,(H2,17,18,19,20). The van der Waals surface area contributed by atoms with E-state index in [1.165, 1.54) is 6.42 Å². The molecule has 1 saturated carbocycles. The van der Waals surface area contributed by atoms with Crippen LogP contribution in [-0.2, 0) is 4.79 Å². The van der Waals surface area contributed by atoms with E-state index in [1.807, 2.05) is 0 Å². The monoisotopic (exact) mass is 279 g/mol. The lowest BCUT2D eigenvalue weighted by molar-refractivity contribution is -0.129. The number of amides is 1. The van der Waals surface area contributed by atoms with E-state index in [9.17, 15) is 4.79 Å². The van der Waals surface area contributed by atoms with Crippen LogP contribution in [0.4, 0.5) is 0 Å². The Morgan fingerprint density at radius 3 is 2.60 bits per heavy atom. The highest BCUT2D eigenvalue weighted by Gasteiger charge is 2.53. The lowest BCUT2D eigenvalue weighted by Crippen LogP contribution is -2.57. The van der Waals surface area contributed by atoms with Crippen LogP contribution in [0.1, 0.15) is 53.9 Å². The fourth-order valence-corrected chi connectivity index (χ4v) is 3.69. The number of nitrogens with zero attached hydrogens (tertiary/aromatic N) is 1. The number of carbonyl (C=O) groups excluding carboxylic acids is 1. The number of rotatable bonds is 3. The zero-order valence-corrected chi connectivity index (χ0v) is 13.5. The van der Waals surface area contributed by atoms with Crippen molar-refractivity contribution in [2.24, 2.45) is 28.7 Å². The summed E-state index contributed by atoms with van der Waals surface area (Å²) >= 11 is 0. The molecule has 3 atom stereocenters. The van der Waals surface area contributed by atoms with Crippen molar-refractivity contribution in [1.29, 1.82) is 0 Å². The van der Waals surface area contributed by atoms with Gasteiger partial charge in [-0.2, -0.15) is 0 Å². The van der Waals surface area contributed by atoms with E-state index in [4.69, 9.17) is 0 Å². The SMILES string of the molecule is CC(C)CN=C1NC(=O)C2(CC(C)CCC2C(C)C)N1. The highest BCUT2D eigenvalue weighted by Crippen LogP contribution is 2.42. The predicted molar refractivity (Wildman–Crippen MR) is 82.5 cm³/mol. The van der Waals surface area contributed by atoms with Gasteiger partial charge in [0.25, 0.3) is 5.91 Å². The molecule has 1 spiro atoms. The number of nitrogens with one attached hydrogen (secondary N) is 2. The fourth-order valence-electron chi connectivity index (χ4n) is 3.69. The average molecular weight is 279 g/mol. The first kappa shape index (κ1) is 15.3. The second kappa shape index (κ2) is 5.74. The third-order valence-electron chi connectivity index (χ3n) is 4.67. The van der Waals surface area contributed by atoms with Gasteiger partial charge in [0.1, 0.15) is 5.54 Å². The molecule has 20 heavy (non-hydrogen) atoms. The minimum absolute atomic E-state index is 0.130. The first-order chi connectivity index (χ1) is 9.35. The molecule has 1 heterocycles. The summed E-state index contributed by atoms with van der Waals surface area (Å²) in [5, 5.41) is 6.44. The van der Waals surface area contributed by atoms with Gasteiger partial charge in [-0.25, -0.2) is 0 Å². The lowest BCUT2D eigenvalue weighted by Gasteiger charge is -2.43. The molecule has 114 valence electrons. The lowest BCUT2D eigenvalue weighted by atomic mass is 9.65. The smallest absolute Gasteiger partial charge is 0.252 e. The summed E-state index contributed by atoms with van der Waals surface area (Å²) in [6.45, 7) is 11.7. The van der Waals surface area contributed by atoms with Gasteiger partial charge in [0.05, 0.1) is 0 Å². The Hall–Kier alpha value is -1.06. The molecule has 2 aliphatic rings. The summed E-state index contributed by atoms with van der Waals surface area (Å²) < 4.78 is 0. The van der Waals surface area contributed by atoms with Crippen molar-refractivity contribution in [2.75, 3.05) is 6.54 Å². The Bertz CT molecular complexity index is 403. The van der Waals surface area contributed by atoms with Crippen LogP contribution in [0.3, 0.4) is 0 Å². The molecule has 4 nitrogen and oxygen atoms in total. The van der Waals surface area contributed by atoms with Crippen LogP contribution in [0, 0.1) is 23.7 Å². The molecule has 0 radical (unpaired) electrons. The van der Waals surface area contributed by atoms with Crippen molar-refractivity contribution in [3.8, 4) is 0 Å². The van der Waals surface area contributed by atoms with Crippen molar-refractivity contribution >= 4 is 11.9 Å². The van der Waals surface area contributed by atoms with Crippen LogP contribution in [-0.4, -0.2) is 24.0 Å². The molecule has 1 aliphatic heterocycles. The molecule has 0 bridgehead atoms. The minimum Gasteiger partial charge on any atom is -0.341 e. The van der Waals surface area contributed by atoms with Gasteiger partial charge in [-0.05, 0) is 36.5 Å². The average Bonchev–Trinajstić information content (AvgIpc) is 2.63. The van der Waals surface area contributed by atoms with Crippen LogP contribution in [0.15, 0.2) is 4.99 Å². The summed E-state index contributed by atoms with van der Waals surface area (Å²) in [7, 11) is 0. The Labute approximate surface area is 122 Å². The van der Waals surface area contributed by atoms with Gasteiger partial charge < -0.3 is 5.32 Å². The molecule has 0 aromatic carbocycles. The molecule has 4 heteroatoms. The number of guanidine groups is 1. The van der Waals surface area contributed by atoms with Crippen LogP contribution < -0.4 is 10.6 Å². The topological polar surface area (TPSA) is 53.5 Å². The highest BCUT2D eigenvalue weighted by molar-refractivity contribution is 6.09. The molecule has 3 unspecified atom stereocenters. The first-order valence-corrected chi connectivity index (χ1v) is 7.99. The van der Waals surface area contributed by atoms with Crippen molar-refractivity contribution < 1.29 is 4.79 Å². The third kappa shape index (κ3) is 2.84. The summed E-state index contributed by atoms with van der Waals surface area (Å²) in [6, 6.07) is 0. The third-order valence-corrected chi connectivity index (χ3v) is 4.67. The van der Waals surface area contributed by atoms with Crippen molar-refractivity contribution in [2.45, 2.75) is 59.4 Å². The summed E-state index contributed by atoms with van der Waals surface area (Å²) in [4.78, 5) is 17.1. The van der Waals surface area contributed by atoms with Gasteiger partial charge in [-0.1, -0.05) is 41.0 Å². The zero-order valence-electron chi connectivity index (χ0n) is 13.5. The van der Waals surface area contributed by atoms with E-state index >= 15 is 0 Å². The number of hydrogen-bond donors (Lipinski definition) is 2. The zero-order chi connectivity index (χ0) is 14.9. The quantitative estimate of drug-likeness (QED) is 0.834. The first-order valence-electron chi connectivity index (χ1n) is 7.99. The van der Waals surface area contributed by atoms with Crippen LogP contribution in [0.25, 0.3) is 0 Å². The van der Waals surface area contributed by atoms with E-state index in [0.717, 1.165) is 19.4 Å². The molecule has 1 saturated heterocycles. The van der Waals surface area contributed by atoms with E-state index < -0.39 is 5.54 Å². The molecular weight excluding hydrogens is 250 g/mol. The van der Waals surface area contributed by atoms with Gasteiger partial charge in [0.15, 0.2) is 5.96 Å². The largest absolute Gasteiger partial charge is 0.341 e. The predicted octanol–water partition coefficient (Wildman–Crippen LogP) is 2.55. The summed E-state index contributed by atoms with van der Waals surface area (Å²) in [6.07, 6.45) is 3.26. The van der Waals surface area contributed by atoms with Crippen LogP contribution in [0.2, 0.25) is 0 Å². The van der Waals surface area contributed by atoms with Crippen LogP contribution in [0.5, 0.6) is 0 Å². The second-order valence-corrected chi connectivity index (χ2v) is 7.37. The molecule has 1 aliphatic carbocycles. The van der Waals surface area contributed by atoms with Crippen molar-refractivity contribution in [3.05, 3.63) is 0 Å². The Morgan fingerprint density at radius 2 is 2.00 bits per heavy atom. The summed E-state index contributed by atoms with van der Waals surface area (Å²) in [5.41, 5.74) is -0.429. The normalized spacial score (nSPS) is 36.0. The van der Waals surface area contributed by atoms with Gasteiger partial charge >= 0.3 is 0 Å². The molecule has 1 amide bonds. The van der Waals surface area contributed by atoms with E-state index in [-0.39, 0.29) is 5.91 Å². The summed E-state index contributed by atoms with van der Waals surface area (Å²) in [5.74, 6) is 2.81. The van der Waals surface area contributed by atoms with Crippen molar-refractivity contribution in [1.82, 2.24) is 10.6 Å². The molecule has 0 aromatic heterocycles. The maximum absolute atomic E-state index is 12.6. The highest BCUT2D eigenvalue weighted by atomic mass is 16.2. The van der Waals surface area contributed by atoms with Crippen LogP contribution >= 0.6 is 0 Å². The maximum atomic E-state index is 12.6. The molecular formula is C16H29N3O.